The van der Waals surface area contributed by atoms with Crippen molar-refractivity contribution in [3.8, 4) is 0 Å². The number of hydrogen-bond donors (Lipinski definition) is 1. The molecule has 1 fully saturated rings. The summed E-state index contributed by atoms with van der Waals surface area (Å²) >= 11 is 0. The first-order valence-electron chi connectivity index (χ1n) is 10.4. The molecule has 0 aromatic heterocycles. The molecule has 0 bridgehead atoms. The van der Waals surface area contributed by atoms with Crippen molar-refractivity contribution in [2.75, 3.05) is 26.7 Å². The smallest absolute Gasteiger partial charge is 0.270 e. The van der Waals surface area contributed by atoms with Crippen molar-refractivity contribution in [2.24, 2.45) is 11.0 Å². The summed E-state index contributed by atoms with van der Waals surface area (Å²) in [4.78, 5) is 39.0. The summed E-state index contributed by atoms with van der Waals surface area (Å²) in [7, 11) is 1.58. The van der Waals surface area contributed by atoms with Crippen LogP contribution in [-0.2, 0) is 9.59 Å². The van der Waals surface area contributed by atoms with Gasteiger partial charge >= 0.3 is 0 Å². The van der Waals surface area contributed by atoms with E-state index in [1.807, 2.05) is 42.5 Å². The zero-order valence-corrected chi connectivity index (χ0v) is 17.1. The second kappa shape index (κ2) is 8.65. The van der Waals surface area contributed by atoms with Gasteiger partial charge in [-0.1, -0.05) is 36.4 Å². The highest BCUT2D eigenvalue weighted by Gasteiger charge is 2.29. The Morgan fingerprint density at radius 3 is 2.77 bits per heavy atom. The molecule has 30 heavy (non-hydrogen) atoms. The van der Waals surface area contributed by atoms with E-state index in [9.17, 15) is 14.4 Å². The topological polar surface area (TPSA) is 82.1 Å². The third-order valence-electron chi connectivity index (χ3n) is 5.85. The molecule has 7 nitrogen and oxygen atoms in total. The molecular formula is C23H26N4O3. The maximum absolute atomic E-state index is 12.8. The fourth-order valence-corrected chi connectivity index (χ4v) is 4.18. The molecule has 1 N–H and O–H groups in total. The normalized spacial score (nSPS) is 19.6. The van der Waals surface area contributed by atoms with Gasteiger partial charge in [0.2, 0.25) is 5.91 Å². The zero-order valence-electron chi connectivity index (χ0n) is 17.1. The first-order chi connectivity index (χ1) is 14.5. The van der Waals surface area contributed by atoms with Gasteiger partial charge in [-0.25, -0.2) is 5.01 Å². The summed E-state index contributed by atoms with van der Waals surface area (Å²) in [5.74, 6) is -0.0594. The van der Waals surface area contributed by atoms with E-state index in [0.717, 1.165) is 23.6 Å². The fourth-order valence-electron chi connectivity index (χ4n) is 4.18. The molecule has 1 saturated heterocycles. The maximum Gasteiger partial charge on any atom is 0.270 e. The number of carbonyl (C=O) groups is 3. The number of carbonyl (C=O) groups excluding carboxylic acids is 3. The van der Waals surface area contributed by atoms with E-state index in [0.29, 0.717) is 43.8 Å². The first-order valence-corrected chi connectivity index (χ1v) is 10.4. The highest BCUT2D eigenvalue weighted by atomic mass is 16.2. The minimum absolute atomic E-state index is 0.0702. The number of likely N-dealkylation sites (tertiary alicyclic amines) is 1. The van der Waals surface area contributed by atoms with Gasteiger partial charge in [0.1, 0.15) is 5.71 Å². The lowest BCUT2D eigenvalue weighted by molar-refractivity contribution is -0.131. The number of piperidine rings is 1. The van der Waals surface area contributed by atoms with Crippen molar-refractivity contribution in [2.45, 2.75) is 25.7 Å². The Labute approximate surface area is 175 Å². The van der Waals surface area contributed by atoms with Crippen molar-refractivity contribution in [1.29, 1.82) is 0 Å². The molecule has 0 radical (unpaired) electrons. The molecule has 2 heterocycles. The van der Waals surface area contributed by atoms with Crippen LogP contribution in [0.5, 0.6) is 0 Å². The lowest BCUT2D eigenvalue weighted by Crippen LogP contribution is -2.47. The van der Waals surface area contributed by atoms with Gasteiger partial charge in [-0.15, -0.1) is 0 Å². The Hall–Kier alpha value is -3.22. The van der Waals surface area contributed by atoms with Gasteiger partial charge < -0.3 is 10.2 Å². The van der Waals surface area contributed by atoms with Crippen LogP contribution in [0.1, 0.15) is 36.0 Å². The van der Waals surface area contributed by atoms with Gasteiger partial charge in [0.25, 0.3) is 11.8 Å². The molecule has 4 rings (SSSR count). The molecule has 7 heteroatoms. The van der Waals surface area contributed by atoms with Crippen LogP contribution in [0.4, 0.5) is 0 Å². The monoisotopic (exact) mass is 406 g/mol. The second-order valence-corrected chi connectivity index (χ2v) is 7.96. The molecule has 0 aliphatic carbocycles. The maximum atomic E-state index is 12.8. The fraction of sp³-hybridized carbons (Fsp3) is 0.391. The van der Waals surface area contributed by atoms with Crippen molar-refractivity contribution >= 4 is 34.2 Å². The summed E-state index contributed by atoms with van der Waals surface area (Å²) < 4.78 is 0. The van der Waals surface area contributed by atoms with Crippen molar-refractivity contribution in [3.63, 3.8) is 0 Å². The van der Waals surface area contributed by atoms with Crippen LogP contribution in [0.2, 0.25) is 0 Å². The van der Waals surface area contributed by atoms with Crippen LogP contribution in [-0.4, -0.2) is 60.0 Å². The lowest BCUT2D eigenvalue weighted by Gasteiger charge is -2.33. The molecule has 0 unspecified atom stereocenters. The Balaban J connectivity index is 1.37. The van der Waals surface area contributed by atoms with E-state index in [4.69, 9.17) is 0 Å². The lowest BCUT2D eigenvalue weighted by atomic mass is 9.96. The summed E-state index contributed by atoms with van der Waals surface area (Å²) in [6.45, 7) is 1.80. The Kier molecular flexibility index (Phi) is 5.79. The number of rotatable bonds is 4. The predicted octanol–water partition coefficient (Wildman–Crippen LogP) is 2.42. The molecule has 0 saturated carbocycles. The van der Waals surface area contributed by atoms with Crippen LogP contribution < -0.4 is 5.32 Å². The molecule has 2 aliphatic heterocycles. The van der Waals surface area contributed by atoms with Crippen LogP contribution in [0, 0.1) is 5.92 Å². The van der Waals surface area contributed by atoms with Crippen molar-refractivity contribution < 1.29 is 14.4 Å². The predicted molar refractivity (Wildman–Crippen MR) is 115 cm³/mol. The molecule has 2 aliphatic rings. The molecule has 156 valence electrons. The standard InChI is InChI=1S/C23H26N4O3/c1-26-21(28)12-11-20(25-26)23(30)27-13-5-6-16(15-27)14-24-22(29)19-10-4-8-17-7-2-3-9-18(17)19/h2-4,7-10,16H,5-6,11-15H2,1H3,(H,24,29)/t16-/m1/s1. The third kappa shape index (κ3) is 4.20. The number of hydrogen-bond acceptors (Lipinski definition) is 4. The van der Waals surface area contributed by atoms with Gasteiger partial charge in [0, 0.05) is 45.1 Å². The van der Waals surface area contributed by atoms with E-state index in [1.165, 1.54) is 5.01 Å². The highest BCUT2D eigenvalue weighted by Crippen LogP contribution is 2.20. The number of benzene rings is 2. The Morgan fingerprint density at radius 2 is 1.93 bits per heavy atom. The number of fused-ring (bicyclic) bond motifs is 1. The minimum Gasteiger partial charge on any atom is -0.352 e. The largest absolute Gasteiger partial charge is 0.352 e. The molecular weight excluding hydrogens is 380 g/mol. The summed E-state index contributed by atoms with van der Waals surface area (Å²) in [5.41, 5.74) is 1.11. The second-order valence-electron chi connectivity index (χ2n) is 7.96. The average Bonchev–Trinajstić information content (AvgIpc) is 2.78. The quantitative estimate of drug-likeness (QED) is 0.847. The van der Waals surface area contributed by atoms with Gasteiger partial charge in [-0.3, -0.25) is 14.4 Å². The molecule has 0 spiro atoms. The Morgan fingerprint density at radius 1 is 1.13 bits per heavy atom. The van der Waals surface area contributed by atoms with Crippen molar-refractivity contribution in [1.82, 2.24) is 15.2 Å². The van der Waals surface area contributed by atoms with Gasteiger partial charge in [0.15, 0.2) is 0 Å². The van der Waals surface area contributed by atoms with Crippen LogP contribution in [0.25, 0.3) is 10.8 Å². The molecule has 1 atom stereocenters. The molecule has 2 aromatic carbocycles. The van der Waals surface area contributed by atoms with Gasteiger partial charge in [-0.2, -0.15) is 5.10 Å². The summed E-state index contributed by atoms with van der Waals surface area (Å²) in [6.07, 6.45) is 2.56. The Bertz CT molecular complexity index is 1010. The molecule has 2 aromatic rings. The van der Waals surface area contributed by atoms with E-state index in [1.54, 1.807) is 11.9 Å². The van der Waals surface area contributed by atoms with Crippen LogP contribution >= 0.6 is 0 Å². The van der Waals surface area contributed by atoms with E-state index >= 15 is 0 Å². The van der Waals surface area contributed by atoms with E-state index in [-0.39, 0.29) is 23.6 Å². The van der Waals surface area contributed by atoms with Gasteiger partial charge in [-0.05, 0) is 35.6 Å². The molecule has 3 amide bonds. The highest BCUT2D eigenvalue weighted by molar-refractivity contribution is 6.39. The number of nitrogens with one attached hydrogen (secondary N) is 1. The van der Waals surface area contributed by atoms with Crippen LogP contribution in [0.3, 0.4) is 0 Å². The van der Waals surface area contributed by atoms with Crippen LogP contribution in [0.15, 0.2) is 47.6 Å². The SMILES string of the molecule is CN1N=C(C(=O)N2CCC[C@H](CNC(=O)c3cccc4ccccc34)C2)CCC1=O. The first kappa shape index (κ1) is 20.1. The average molecular weight is 406 g/mol. The number of amides is 3. The third-order valence-corrected chi connectivity index (χ3v) is 5.85. The number of nitrogens with zero attached hydrogens (tertiary/aromatic N) is 3. The van der Waals surface area contributed by atoms with Gasteiger partial charge in [0.05, 0.1) is 0 Å². The summed E-state index contributed by atoms with van der Waals surface area (Å²) in [5, 5.41) is 10.4. The van der Waals surface area contributed by atoms with E-state index in [2.05, 4.69) is 10.4 Å². The summed E-state index contributed by atoms with van der Waals surface area (Å²) in [6, 6.07) is 13.6. The zero-order chi connectivity index (χ0) is 21.1. The van der Waals surface area contributed by atoms with E-state index < -0.39 is 0 Å². The minimum atomic E-state index is -0.0978. The number of hydrazone groups is 1. The van der Waals surface area contributed by atoms with Crippen molar-refractivity contribution in [3.05, 3.63) is 48.0 Å².